The number of ether oxygens (including phenoxy) is 1. The Hall–Kier alpha value is -3.05. The zero-order valence-electron chi connectivity index (χ0n) is 29.4. The van der Waals surface area contributed by atoms with E-state index in [4.69, 9.17) is 4.74 Å². The summed E-state index contributed by atoms with van der Waals surface area (Å²) in [6.45, 7) is 12.6. The molecule has 6 heterocycles. The quantitative estimate of drug-likeness (QED) is 0.392. The molecule has 2 aromatic rings. The van der Waals surface area contributed by atoms with Crippen LogP contribution >= 0.6 is 0 Å². The summed E-state index contributed by atoms with van der Waals surface area (Å²) in [6.07, 6.45) is 4.43. The molecule has 2 atom stereocenters. The zero-order valence-corrected chi connectivity index (χ0v) is 30.2. The van der Waals surface area contributed by atoms with Gasteiger partial charge < -0.3 is 24.8 Å². The van der Waals surface area contributed by atoms with Crippen LogP contribution in [0.25, 0.3) is 0 Å². The SMILES string of the molecule is CC(C)N(C(=O)c1cc(F)ccc1Oc1nncnc1N1CC2(CCN(CC3(F)CCN(S(=O)(=O)N4C[C@@H]5C[C@H]4CN5)CC3)CC2)C1)C(C)C. The van der Waals surface area contributed by atoms with Crippen molar-refractivity contribution in [1.82, 2.24) is 38.9 Å². The first-order valence-electron chi connectivity index (χ1n) is 17.9. The summed E-state index contributed by atoms with van der Waals surface area (Å²) in [6, 6.07) is 3.91. The number of amides is 1. The molecule has 5 fully saturated rings. The van der Waals surface area contributed by atoms with E-state index in [1.807, 2.05) is 27.7 Å². The third kappa shape index (κ3) is 6.81. The Morgan fingerprint density at radius 1 is 1.08 bits per heavy atom. The molecule has 1 aromatic carbocycles. The summed E-state index contributed by atoms with van der Waals surface area (Å²) in [5, 5.41) is 11.5. The van der Waals surface area contributed by atoms with E-state index in [9.17, 15) is 17.6 Å². The number of hydrogen-bond acceptors (Lipinski definition) is 10. The monoisotopic (exact) mass is 717 g/mol. The van der Waals surface area contributed by atoms with Crippen LogP contribution < -0.4 is 15.0 Å². The number of nitrogens with zero attached hydrogens (tertiary/aromatic N) is 8. The van der Waals surface area contributed by atoms with Gasteiger partial charge in [0.05, 0.1) is 5.56 Å². The summed E-state index contributed by atoms with van der Waals surface area (Å²) < 4.78 is 66.3. The molecule has 0 saturated carbocycles. The van der Waals surface area contributed by atoms with Crippen LogP contribution in [0.3, 0.4) is 0 Å². The van der Waals surface area contributed by atoms with Crippen molar-refractivity contribution in [2.24, 2.45) is 5.41 Å². The lowest BCUT2D eigenvalue weighted by molar-refractivity contribution is 0.00810. The number of carbonyl (C=O) groups excluding carboxylic acids is 1. The first-order valence-corrected chi connectivity index (χ1v) is 19.3. The van der Waals surface area contributed by atoms with Crippen molar-refractivity contribution in [2.75, 3.05) is 63.8 Å². The summed E-state index contributed by atoms with van der Waals surface area (Å²) in [4.78, 5) is 23.9. The van der Waals surface area contributed by atoms with Crippen molar-refractivity contribution in [3.8, 4) is 11.6 Å². The molecule has 2 bridgehead atoms. The Labute approximate surface area is 293 Å². The number of carbonyl (C=O) groups is 1. The molecule has 1 N–H and O–H groups in total. The third-order valence-electron chi connectivity index (χ3n) is 11.3. The zero-order chi connectivity index (χ0) is 35.4. The molecule has 0 aliphatic carbocycles. The summed E-state index contributed by atoms with van der Waals surface area (Å²) in [5.41, 5.74) is -1.25. The van der Waals surface area contributed by atoms with Crippen molar-refractivity contribution in [2.45, 2.75) is 89.6 Å². The van der Waals surface area contributed by atoms with E-state index in [1.165, 1.54) is 28.8 Å². The first kappa shape index (κ1) is 35.4. The van der Waals surface area contributed by atoms with E-state index in [2.05, 4.69) is 30.3 Å². The molecule has 5 aliphatic heterocycles. The standard InChI is InChI=1S/C34H49F2N9O4S/c1-23(2)45(24(3)4)32(46)28-15-25(35)5-6-29(28)49-31-30(38-22-39-40-31)42-19-33(20-42)7-11-41(12-8-33)21-34(36)9-13-43(14-10-34)50(47,48)44-18-26-16-27(44)17-37-26/h5-6,15,22-24,26-27,37H,7-14,16-21H2,1-4H3/t26-,27-/m0/s1. The largest absolute Gasteiger partial charge is 0.434 e. The smallest absolute Gasteiger partial charge is 0.282 e. The van der Waals surface area contributed by atoms with Crippen LogP contribution in [-0.4, -0.2) is 137 Å². The van der Waals surface area contributed by atoms with Crippen molar-refractivity contribution in [1.29, 1.82) is 0 Å². The molecule has 1 amide bonds. The van der Waals surface area contributed by atoms with Crippen LogP contribution in [0.1, 0.15) is 70.2 Å². The molecule has 0 unspecified atom stereocenters. The van der Waals surface area contributed by atoms with Crippen molar-refractivity contribution in [3.63, 3.8) is 0 Å². The number of likely N-dealkylation sites (tertiary alicyclic amines) is 1. The maximum absolute atomic E-state index is 16.1. The van der Waals surface area contributed by atoms with E-state index in [0.29, 0.717) is 25.5 Å². The molecular weight excluding hydrogens is 668 g/mol. The average Bonchev–Trinajstić information content (AvgIpc) is 3.70. The molecule has 7 rings (SSSR count). The second-order valence-corrected chi connectivity index (χ2v) is 17.4. The number of benzene rings is 1. The Morgan fingerprint density at radius 2 is 1.78 bits per heavy atom. The van der Waals surface area contributed by atoms with Gasteiger partial charge in [-0.3, -0.25) is 4.79 Å². The van der Waals surface area contributed by atoms with Gasteiger partial charge in [-0.15, -0.1) is 10.2 Å². The van der Waals surface area contributed by atoms with Crippen molar-refractivity contribution < 1.29 is 26.7 Å². The second kappa shape index (κ2) is 13.5. The van der Waals surface area contributed by atoms with E-state index >= 15 is 4.39 Å². The minimum absolute atomic E-state index is 0.0128. The average molecular weight is 718 g/mol. The van der Waals surface area contributed by atoms with E-state index in [0.717, 1.165) is 45.4 Å². The predicted molar refractivity (Wildman–Crippen MR) is 184 cm³/mol. The maximum atomic E-state index is 16.1. The molecule has 274 valence electrons. The van der Waals surface area contributed by atoms with Crippen LogP contribution in [-0.2, 0) is 10.2 Å². The summed E-state index contributed by atoms with van der Waals surface area (Å²) in [7, 11) is -3.57. The van der Waals surface area contributed by atoms with Gasteiger partial charge in [-0.05, 0) is 91.1 Å². The number of aromatic nitrogens is 3. The molecule has 13 nitrogen and oxygen atoms in total. The van der Waals surface area contributed by atoms with Crippen LogP contribution in [0.4, 0.5) is 14.6 Å². The molecule has 16 heteroatoms. The van der Waals surface area contributed by atoms with Crippen LogP contribution in [0.2, 0.25) is 0 Å². The number of fused-ring (bicyclic) bond motifs is 2. The summed E-state index contributed by atoms with van der Waals surface area (Å²) in [5.74, 6) is -0.0559. The minimum atomic E-state index is -3.57. The Morgan fingerprint density at radius 3 is 2.40 bits per heavy atom. The van der Waals surface area contributed by atoms with Crippen LogP contribution in [0.5, 0.6) is 11.6 Å². The fourth-order valence-electron chi connectivity index (χ4n) is 8.65. The molecule has 5 aliphatic rings. The Balaban J connectivity index is 0.936. The predicted octanol–water partition coefficient (Wildman–Crippen LogP) is 3.06. The van der Waals surface area contributed by atoms with Gasteiger partial charge in [0.2, 0.25) is 0 Å². The van der Waals surface area contributed by atoms with Gasteiger partial charge >= 0.3 is 0 Å². The molecule has 1 aromatic heterocycles. The molecule has 0 radical (unpaired) electrons. The number of rotatable bonds is 10. The first-order chi connectivity index (χ1) is 23.8. The van der Waals surface area contributed by atoms with E-state index < -0.39 is 21.7 Å². The lowest BCUT2D eigenvalue weighted by Crippen LogP contribution is -2.62. The Bertz CT molecular complexity index is 1670. The molecular formula is C34H49F2N9O4S. The molecule has 5 saturated heterocycles. The number of anilines is 1. The van der Waals surface area contributed by atoms with Crippen molar-refractivity contribution in [3.05, 3.63) is 35.9 Å². The van der Waals surface area contributed by atoms with Gasteiger partial charge in [0, 0.05) is 75.4 Å². The highest BCUT2D eigenvalue weighted by atomic mass is 32.2. The lowest BCUT2D eigenvalue weighted by atomic mass is 9.72. The number of halogens is 2. The van der Waals surface area contributed by atoms with Gasteiger partial charge in [0.15, 0.2) is 5.82 Å². The highest BCUT2D eigenvalue weighted by Gasteiger charge is 2.50. The van der Waals surface area contributed by atoms with Crippen molar-refractivity contribution >= 4 is 21.9 Å². The third-order valence-corrected chi connectivity index (χ3v) is 13.4. The van der Waals surface area contributed by atoms with E-state index in [-0.39, 0.29) is 78.6 Å². The normalized spacial score (nSPS) is 25.4. The number of piperazine rings is 1. The minimum Gasteiger partial charge on any atom is -0.434 e. The van der Waals surface area contributed by atoms with Gasteiger partial charge in [-0.1, -0.05) is 0 Å². The highest BCUT2D eigenvalue weighted by Crippen LogP contribution is 2.45. The highest BCUT2D eigenvalue weighted by molar-refractivity contribution is 7.86. The topological polar surface area (TPSA) is 127 Å². The fourth-order valence-corrected chi connectivity index (χ4v) is 10.5. The maximum Gasteiger partial charge on any atom is 0.282 e. The van der Waals surface area contributed by atoms with Gasteiger partial charge in [-0.2, -0.15) is 17.0 Å². The summed E-state index contributed by atoms with van der Waals surface area (Å²) >= 11 is 0. The van der Waals surface area contributed by atoms with Crippen LogP contribution in [0.15, 0.2) is 24.5 Å². The molecule has 50 heavy (non-hydrogen) atoms. The number of alkyl halides is 1. The Kier molecular flexibility index (Phi) is 9.54. The van der Waals surface area contributed by atoms with Gasteiger partial charge in [0.1, 0.15) is 23.6 Å². The fraction of sp³-hybridized carbons (Fsp3) is 0.706. The van der Waals surface area contributed by atoms with Crippen LogP contribution in [0, 0.1) is 11.2 Å². The van der Waals surface area contributed by atoms with Gasteiger partial charge in [0.25, 0.3) is 22.0 Å². The van der Waals surface area contributed by atoms with Gasteiger partial charge in [-0.25, -0.2) is 13.8 Å². The lowest BCUT2D eigenvalue weighted by Gasteiger charge is -2.55. The molecule has 1 spiro atoms. The number of nitrogens with one attached hydrogen (secondary N) is 1. The second-order valence-electron chi connectivity index (χ2n) is 15.5. The number of piperidine rings is 2. The number of hydrogen-bond donors (Lipinski definition) is 1. The van der Waals surface area contributed by atoms with E-state index in [1.54, 1.807) is 9.21 Å².